The number of rotatable bonds is 8. The first-order valence-electron chi connectivity index (χ1n) is 13.0. The van der Waals surface area contributed by atoms with Gasteiger partial charge in [0.1, 0.15) is 29.9 Å². The van der Waals surface area contributed by atoms with Crippen molar-refractivity contribution in [2.45, 2.75) is 38.9 Å². The van der Waals surface area contributed by atoms with Gasteiger partial charge in [-0.2, -0.15) is 0 Å². The fraction of sp³-hybridized carbons (Fsp3) is 0.267. The number of benzene rings is 2. The molecule has 2 N–H and O–H groups in total. The number of nitrogens with zero attached hydrogens (tertiary/aromatic N) is 3. The molecule has 0 radical (unpaired) electrons. The van der Waals surface area contributed by atoms with Crippen molar-refractivity contribution in [2.75, 3.05) is 13.1 Å². The second kappa shape index (κ2) is 12.2. The van der Waals surface area contributed by atoms with Gasteiger partial charge in [-0.25, -0.2) is 9.78 Å². The Kier molecular flexibility index (Phi) is 8.31. The topological polar surface area (TPSA) is 121 Å². The molecule has 1 aliphatic rings. The highest BCUT2D eigenvalue weighted by Crippen LogP contribution is 2.27. The third-order valence-electron chi connectivity index (χ3n) is 6.62. The monoisotopic (exact) mass is 560 g/mol. The highest BCUT2D eigenvalue weighted by atomic mass is 35.5. The number of likely N-dealkylation sites (tertiary alicyclic amines) is 1. The molecule has 0 spiro atoms. The van der Waals surface area contributed by atoms with Gasteiger partial charge in [0.25, 0.3) is 5.91 Å². The Bertz CT molecular complexity index is 1490. The molecule has 1 saturated heterocycles. The maximum Gasteiger partial charge on any atom is 0.404 e. The summed E-state index contributed by atoms with van der Waals surface area (Å²) in [5.41, 5.74) is 9.01. The third kappa shape index (κ3) is 6.79. The summed E-state index contributed by atoms with van der Waals surface area (Å²) in [4.78, 5) is 34.6. The molecule has 1 aliphatic heterocycles. The molecule has 1 fully saturated rings. The fourth-order valence-electron chi connectivity index (χ4n) is 4.68. The van der Waals surface area contributed by atoms with E-state index in [9.17, 15) is 9.59 Å². The van der Waals surface area contributed by atoms with Crippen molar-refractivity contribution in [3.8, 4) is 17.0 Å². The Morgan fingerprint density at radius 1 is 1.15 bits per heavy atom. The summed E-state index contributed by atoms with van der Waals surface area (Å²) >= 11 is 6.09. The van der Waals surface area contributed by atoms with E-state index in [1.165, 1.54) is 6.20 Å². The molecular weight excluding hydrogens is 532 g/mol. The normalized spacial score (nSPS) is 15.1. The smallest absolute Gasteiger partial charge is 0.404 e. The van der Waals surface area contributed by atoms with Gasteiger partial charge >= 0.3 is 6.09 Å². The number of nitrogens with two attached hydrogens (primary N) is 1. The van der Waals surface area contributed by atoms with Crippen LogP contribution in [-0.4, -0.2) is 46.1 Å². The van der Waals surface area contributed by atoms with E-state index in [4.69, 9.17) is 31.2 Å². The number of primary amides is 1. The quantitative estimate of drug-likeness (QED) is 0.299. The minimum atomic E-state index is -0.827. The summed E-state index contributed by atoms with van der Waals surface area (Å²) < 4.78 is 16.9. The lowest BCUT2D eigenvalue weighted by Gasteiger charge is -2.32. The maximum atomic E-state index is 12.9. The SMILES string of the molecule is Cc1oc(Cc2cccc(Cl)c2)nc1-c1ccc(OCc2ccc(C(=O)N3CCC[C@H](OC(N)=O)C3)cn2)cc1. The Hall–Kier alpha value is -4.37. The molecule has 2 aromatic carbocycles. The number of carbonyl (C=O) groups is 2. The molecule has 40 heavy (non-hydrogen) atoms. The zero-order valence-electron chi connectivity index (χ0n) is 22.0. The van der Waals surface area contributed by atoms with Gasteiger partial charge in [-0.1, -0.05) is 23.7 Å². The van der Waals surface area contributed by atoms with Crippen LogP contribution in [0.25, 0.3) is 11.3 Å². The lowest BCUT2D eigenvalue weighted by Crippen LogP contribution is -2.44. The van der Waals surface area contributed by atoms with Crippen LogP contribution in [0, 0.1) is 6.92 Å². The van der Waals surface area contributed by atoms with E-state index >= 15 is 0 Å². The van der Waals surface area contributed by atoms with Gasteiger partial charge in [-0.15, -0.1) is 0 Å². The van der Waals surface area contributed by atoms with E-state index in [0.29, 0.717) is 53.9 Å². The Morgan fingerprint density at radius 2 is 1.98 bits per heavy atom. The number of hydrogen-bond donors (Lipinski definition) is 1. The summed E-state index contributed by atoms with van der Waals surface area (Å²) in [5, 5.41) is 0.681. The van der Waals surface area contributed by atoms with Crippen LogP contribution >= 0.6 is 11.6 Å². The van der Waals surface area contributed by atoms with Crippen LogP contribution in [0.15, 0.2) is 71.3 Å². The molecule has 3 heterocycles. The van der Waals surface area contributed by atoms with Crippen LogP contribution in [0.1, 0.15) is 46.1 Å². The third-order valence-corrected chi connectivity index (χ3v) is 6.85. The average molecular weight is 561 g/mol. The van der Waals surface area contributed by atoms with Gasteiger partial charge in [0.05, 0.1) is 17.8 Å². The summed E-state index contributed by atoms with van der Waals surface area (Å²) in [7, 11) is 0. The van der Waals surface area contributed by atoms with Crippen molar-refractivity contribution in [2.24, 2.45) is 5.73 Å². The van der Waals surface area contributed by atoms with Gasteiger partial charge in [-0.05, 0) is 73.9 Å². The first-order chi connectivity index (χ1) is 19.3. The summed E-state index contributed by atoms with van der Waals surface area (Å²) in [6.45, 7) is 3.06. The maximum absolute atomic E-state index is 12.9. The van der Waals surface area contributed by atoms with Crippen molar-refractivity contribution >= 4 is 23.6 Å². The predicted octanol–water partition coefficient (Wildman–Crippen LogP) is 5.57. The first-order valence-corrected chi connectivity index (χ1v) is 13.4. The molecule has 0 bridgehead atoms. The van der Waals surface area contributed by atoms with Gasteiger partial charge in [0, 0.05) is 29.7 Å². The molecular formula is C30H29ClN4O5. The van der Waals surface area contributed by atoms with Crippen molar-refractivity contribution in [1.82, 2.24) is 14.9 Å². The van der Waals surface area contributed by atoms with E-state index in [1.54, 1.807) is 17.0 Å². The number of carbonyl (C=O) groups excluding carboxylic acids is 2. The van der Waals surface area contributed by atoms with Crippen LogP contribution in [0.5, 0.6) is 5.75 Å². The van der Waals surface area contributed by atoms with Crippen molar-refractivity contribution in [1.29, 1.82) is 0 Å². The second-order valence-corrected chi connectivity index (χ2v) is 10.1. The van der Waals surface area contributed by atoms with Crippen LogP contribution in [0.4, 0.5) is 4.79 Å². The fourth-order valence-corrected chi connectivity index (χ4v) is 4.90. The Labute approximate surface area is 236 Å². The molecule has 0 aliphatic carbocycles. The van der Waals surface area contributed by atoms with E-state index in [2.05, 4.69) is 9.97 Å². The molecule has 1 atom stereocenters. The highest BCUT2D eigenvalue weighted by molar-refractivity contribution is 6.30. The van der Waals surface area contributed by atoms with Crippen LogP contribution in [0.3, 0.4) is 0 Å². The number of piperidine rings is 1. The summed E-state index contributed by atoms with van der Waals surface area (Å²) in [5.74, 6) is 1.89. The van der Waals surface area contributed by atoms with E-state index < -0.39 is 6.09 Å². The van der Waals surface area contributed by atoms with E-state index in [-0.39, 0.29) is 18.6 Å². The zero-order valence-corrected chi connectivity index (χ0v) is 22.8. The number of amides is 2. The van der Waals surface area contributed by atoms with Gasteiger partial charge in [0.2, 0.25) is 0 Å². The largest absolute Gasteiger partial charge is 0.487 e. The number of aromatic nitrogens is 2. The number of hydrogen-bond acceptors (Lipinski definition) is 7. The molecule has 2 amide bonds. The van der Waals surface area contributed by atoms with Crippen molar-refractivity contribution in [3.63, 3.8) is 0 Å². The van der Waals surface area contributed by atoms with Crippen molar-refractivity contribution < 1.29 is 23.5 Å². The molecule has 10 heteroatoms. The van der Waals surface area contributed by atoms with Crippen LogP contribution < -0.4 is 10.5 Å². The van der Waals surface area contributed by atoms with Gasteiger partial charge < -0.3 is 24.5 Å². The van der Waals surface area contributed by atoms with Gasteiger partial charge in [-0.3, -0.25) is 9.78 Å². The molecule has 9 nitrogen and oxygen atoms in total. The number of halogens is 1. The average Bonchev–Trinajstić information content (AvgIpc) is 3.31. The summed E-state index contributed by atoms with van der Waals surface area (Å²) in [6.07, 6.45) is 2.31. The standard InChI is InChI=1S/C30H29ClN4O5/c1-19-28(34-27(39-19)15-20-4-2-5-23(31)14-20)21-8-11-25(12-9-21)38-18-24-10-7-22(16-33-24)29(36)35-13-3-6-26(17-35)40-30(32)37/h2,4-5,7-12,14,16,26H,3,6,13,15,17-18H2,1H3,(H2,32,37)/t26-/m0/s1. The molecule has 206 valence electrons. The molecule has 0 saturated carbocycles. The Morgan fingerprint density at radius 3 is 2.70 bits per heavy atom. The van der Waals surface area contributed by atoms with E-state index in [1.807, 2.05) is 55.5 Å². The highest BCUT2D eigenvalue weighted by Gasteiger charge is 2.26. The lowest BCUT2D eigenvalue weighted by atomic mass is 10.1. The van der Waals surface area contributed by atoms with Crippen molar-refractivity contribution in [3.05, 3.63) is 100 Å². The molecule has 2 aromatic heterocycles. The Balaban J connectivity index is 1.16. The number of aryl methyl sites for hydroxylation is 1. The lowest BCUT2D eigenvalue weighted by molar-refractivity contribution is 0.0373. The predicted molar refractivity (Wildman–Crippen MR) is 149 cm³/mol. The van der Waals surface area contributed by atoms with Crippen LogP contribution in [-0.2, 0) is 17.8 Å². The van der Waals surface area contributed by atoms with E-state index in [0.717, 1.165) is 29.0 Å². The minimum Gasteiger partial charge on any atom is -0.487 e. The number of oxazole rings is 1. The molecule has 4 aromatic rings. The minimum absolute atomic E-state index is 0.160. The zero-order chi connectivity index (χ0) is 28.1. The summed E-state index contributed by atoms with van der Waals surface area (Å²) in [6, 6.07) is 18.8. The number of pyridine rings is 1. The molecule has 0 unspecified atom stereocenters. The van der Waals surface area contributed by atoms with Gasteiger partial charge in [0.15, 0.2) is 5.89 Å². The molecule has 5 rings (SSSR count). The first kappa shape index (κ1) is 27.2. The second-order valence-electron chi connectivity index (χ2n) is 9.62. The van der Waals surface area contributed by atoms with Crippen LogP contribution in [0.2, 0.25) is 5.02 Å². The number of ether oxygens (including phenoxy) is 2.